The molecule has 2 aromatic rings. The number of anilines is 1. The van der Waals surface area contributed by atoms with E-state index in [-0.39, 0.29) is 6.03 Å². The Kier molecular flexibility index (Phi) is 5.58. The second-order valence-electron chi connectivity index (χ2n) is 6.51. The average Bonchev–Trinajstić information content (AvgIpc) is 3.07. The smallest absolute Gasteiger partial charge is 0.321 e. The number of carbonyl (C=O) groups is 1. The quantitative estimate of drug-likeness (QED) is 0.903. The number of rotatable bonds is 5. The van der Waals surface area contributed by atoms with Gasteiger partial charge in [0.2, 0.25) is 0 Å². The van der Waals surface area contributed by atoms with Crippen LogP contribution in [0.25, 0.3) is 0 Å². The number of carbonyl (C=O) groups excluding carboxylic acids is 1. The van der Waals surface area contributed by atoms with Crippen molar-refractivity contribution < 1.29 is 9.53 Å². The third kappa shape index (κ3) is 4.53. The summed E-state index contributed by atoms with van der Waals surface area (Å²) >= 11 is 0. The van der Waals surface area contributed by atoms with Crippen LogP contribution in [0.15, 0.2) is 36.5 Å². The van der Waals surface area contributed by atoms with Crippen LogP contribution in [0, 0.1) is 0 Å². The molecule has 1 aromatic carbocycles. The van der Waals surface area contributed by atoms with Crippen molar-refractivity contribution in [2.75, 3.05) is 25.0 Å². The summed E-state index contributed by atoms with van der Waals surface area (Å²) in [4.78, 5) is 14.5. The van der Waals surface area contributed by atoms with Gasteiger partial charge in [0, 0.05) is 44.0 Å². The van der Waals surface area contributed by atoms with Crippen LogP contribution in [0.1, 0.15) is 37.8 Å². The minimum absolute atomic E-state index is 0.0618. The molecule has 134 valence electrons. The molecule has 2 heterocycles. The lowest BCUT2D eigenvalue weighted by Gasteiger charge is -2.32. The topological polar surface area (TPSA) is 59.4 Å². The number of urea groups is 1. The molecular weight excluding hydrogens is 316 g/mol. The van der Waals surface area contributed by atoms with Gasteiger partial charge in [-0.1, -0.05) is 13.0 Å². The molecule has 1 aliphatic rings. The fourth-order valence-corrected chi connectivity index (χ4v) is 3.14. The first-order valence-corrected chi connectivity index (χ1v) is 8.94. The van der Waals surface area contributed by atoms with E-state index in [9.17, 15) is 4.79 Å². The van der Waals surface area contributed by atoms with Gasteiger partial charge in [0.1, 0.15) is 5.75 Å². The molecule has 1 unspecified atom stereocenters. The Morgan fingerprint density at radius 2 is 2.28 bits per heavy atom. The Bertz CT molecular complexity index is 713. The van der Waals surface area contributed by atoms with Crippen molar-refractivity contribution in [1.29, 1.82) is 0 Å². The van der Waals surface area contributed by atoms with Gasteiger partial charge in [-0.15, -0.1) is 0 Å². The van der Waals surface area contributed by atoms with Crippen molar-refractivity contribution >= 4 is 11.7 Å². The first kappa shape index (κ1) is 17.3. The highest BCUT2D eigenvalue weighted by molar-refractivity contribution is 5.89. The number of likely N-dealkylation sites (tertiary alicyclic amines) is 1. The average molecular weight is 342 g/mol. The number of benzene rings is 1. The molecule has 1 aromatic heterocycles. The predicted molar refractivity (Wildman–Crippen MR) is 98.0 cm³/mol. The minimum Gasteiger partial charge on any atom is -0.494 e. The molecular formula is C19H26N4O2. The van der Waals surface area contributed by atoms with Gasteiger partial charge in [-0.25, -0.2) is 4.79 Å². The first-order chi connectivity index (χ1) is 12.2. The Morgan fingerprint density at radius 3 is 3.04 bits per heavy atom. The normalized spacial score (nSPS) is 17.4. The molecule has 25 heavy (non-hydrogen) atoms. The van der Waals surface area contributed by atoms with E-state index >= 15 is 0 Å². The molecule has 1 N–H and O–H groups in total. The van der Waals surface area contributed by atoms with E-state index in [2.05, 4.69) is 17.3 Å². The summed E-state index contributed by atoms with van der Waals surface area (Å²) in [6.45, 7) is 4.23. The Labute approximate surface area is 148 Å². The van der Waals surface area contributed by atoms with Crippen LogP contribution in [0.2, 0.25) is 0 Å². The van der Waals surface area contributed by atoms with Crippen molar-refractivity contribution in [2.24, 2.45) is 7.05 Å². The zero-order valence-electron chi connectivity index (χ0n) is 14.9. The standard InChI is InChI=1S/C19H26N4O2/c1-3-12-25-17-8-4-7-16(13-17)20-19(24)23-10-5-6-15(14-23)18-9-11-22(2)21-18/h4,7-9,11,13,15H,3,5-6,10,12,14H2,1-2H3,(H,20,24). The monoisotopic (exact) mass is 342 g/mol. The van der Waals surface area contributed by atoms with Crippen molar-refractivity contribution in [2.45, 2.75) is 32.1 Å². The molecule has 1 fully saturated rings. The summed E-state index contributed by atoms with van der Waals surface area (Å²) in [5.41, 5.74) is 1.83. The second-order valence-corrected chi connectivity index (χ2v) is 6.51. The highest BCUT2D eigenvalue weighted by Gasteiger charge is 2.26. The van der Waals surface area contributed by atoms with Gasteiger partial charge < -0.3 is 15.0 Å². The number of nitrogens with zero attached hydrogens (tertiary/aromatic N) is 3. The van der Waals surface area contributed by atoms with Gasteiger partial charge >= 0.3 is 6.03 Å². The second kappa shape index (κ2) is 8.05. The van der Waals surface area contributed by atoms with E-state index in [1.807, 2.05) is 53.2 Å². The van der Waals surface area contributed by atoms with Gasteiger partial charge in [0.15, 0.2) is 0 Å². The molecule has 0 spiro atoms. The van der Waals surface area contributed by atoms with Crippen molar-refractivity contribution in [3.05, 3.63) is 42.2 Å². The number of hydrogen-bond donors (Lipinski definition) is 1. The summed E-state index contributed by atoms with van der Waals surface area (Å²) in [6, 6.07) is 9.54. The Balaban J connectivity index is 1.61. The first-order valence-electron chi connectivity index (χ1n) is 8.94. The molecule has 3 rings (SSSR count). The van der Waals surface area contributed by atoms with Crippen LogP contribution in [0.4, 0.5) is 10.5 Å². The van der Waals surface area contributed by atoms with E-state index in [0.717, 1.165) is 42.9 Å². The largest absolute Gasteiger partial charge is 0.494 e. The predicted octanol–water partition coefficient (Wildman–Crippen LogP) is 3.62. The van der Waals surface area contributed by atoms with Crippen molar-refractivity contribution in [1.82, 2.24) is 14.7 Å². The number of amides is 2. The highest BCUT2D eigenvalue weighted by atomic mass is 16.5. The molecule has 6 heteroatoms. The van der Waals surface area contributed by atoms with Crippen LogP contribution in [0.5, 0.6) is 5.75 Å². The van der Waals surface area contributed by atoms with Crippen molar-refractivity contribution in [3.8, 4) is 5.75 Å². The van der Waals surface area contributed by atoms with Crippen LogP contribution >= 0.6 is 0 Å². The zero-order valence-corrected chi connectivity index (χ0v) is 14.9. The number of hydrogen-bond acceptors (Lipinski definition) is 3. The van der Waals surface area contributed by atoms with E-state index in [0.29, 0.717) is 19.1 Å². The summed E-state index contributed by atoms with van der Waals surface area (Å²) in [5, 5.41) is 7.48. The number of aromatic nitrogens is 2. The number of aryl methyl sites for hydroxylation is 1. The maximum atomic E-state index is 12.6. The summed E-state index contributed by atoms with van der Waals surface area (Å²) in [6.07, 6.45) is 4.98. The molecule has 1 atom stereocenters. The van der Waals surface area contributed by atoms with E-state index in [1.54, 1.807) is 0 Å². The van der Waals surface area contributed by atoms with Crippen molar-refractivity contribution in [3.63, 3.8) is 0 Å². The molecule has 0 aliphatic carbocycles. The van der Waals surface area contributed by atoms with E-state index in [1.165, 1.54) is 0 Å². The number of ether oxygens (including phenoxy) is 1. The maximum absolute atomic E-state index is 12.6. The van der Waals surface area contributed by atoms with Crippen LogP contribution in [0.3, 0.4) is 0 Å². The van der Waals surface area contributed by atoms with Crippen LogP contribution in [-0.2, 0) is 7.05 Å². The third-order valence-corrected chi connectivity index (χ3v) is 4.42. The molecule has 0 bridgehead atoms. The lowest BCUT2D eigenvalue weighted by atomic mass is 9.95. The highest BCUT2D eigenvalue weighted by Crippen LogP contribution is 2.26. The molecule has 1 saturated heterocycles. The number of nitrogens with one attached hydrogen (secondary N) is 1. The number of piperidine rings is 1. The SMILES string of the molecule is CCCOc1cccc(NC(=O)N2CCCC(c3ccn(C)n3)C2)c1. The fourth-order valence-electron chi connectivity index (χ4n) is 3.14. The third-order valence-electron chi connectivity index (χ3n) is 4.42. The molecule has 0 radical (unpaired) electrons. The lowest BCUT2D eigenvalue weighted by Crippen LogP contribution is -2.41. The minimum atomic E-state index is -0.0618. The van der Waals surface area contributed by atoms with E-state index < -0.39 is 0 Å². The summed E-state index contributed by atoms with van der Waals surface area (Å²) < 4.78 is 7.44. The zero-order chi connectivity index (χ0) is 17.6. The fraction of sp³-hybridized carbons (Fsp3) is 0.474. The maximum Gasteiger partial charge on any atom is 0.321 e. The van der Waals surface area contributed by atoms with Crippen LogP contribution < -0.4 is 10.1 Å². The van der Waals surface area contributed by atoms with Gasteiger partial charge in [0.25, 0.3) is 0 Å². The molecule has 2 amide bonds. The van der Waals surface area contributed by atoms with Gasteiger partial charge in [-0.05, 0) is 37.5 Å². The van der Waals surface area contributed by atoms with Crippen LogP contribution in [-0.4, -0.2) is 40.4 Å². The molecule has 1 aliphatic heterocycles. The van der Waals surface area contributed by atoms with Gasteiger partial charge in [0.05, 0.1) is 12.3 Å². The summed E-state index contributed by atoms with van der Waals surface area (Å²) in [5.74, 6) is 1.09. The summed E-state index contributed by atoms with van der Waals surface area (Å²) in [7, 11) is 1.92. The lowest BCUT2D eigenvalue weighted by molar-refractivity contribution is 0.192. The Hall–Kier alpha value is -2.50. The Morgan fingerprint density at radius 1 is 1.40 bits per heavy atom. The van der Waals surface area contributed by atoms with Gasteiger partial charge in [-0.2, -0.15) is 5.10 Å². The van der Waals surface area contributed by atoms with Gasteiger partial charge in [-0.3, -0.25) is 4.68 Å². The molecule has 0 saturated carbocycles. The molecule has 6 nitrogen and oxygen atoms in total. The van der Waals surface area contributed by atoms with E-state index in [4.69, 9.17) is 4.74 Å².